The van der Waals surface area contributed by atoms with Crippen molar-refractivity contribution in [1.82, 2.24) is 0 Å². The van der Waals surface area contributed by atoms with E-state index >= 15 is 0 Å². The molecule has 1 atom stereocenters. The lowest BCUT2D eigenvalue weighted by Gasteiger charge is -2.11. The number of benzene rings is 1. The van der Waals surface area contributed by atoms with Crippen molar-refractivity contribution in [2.75, 3.05) is 6.61 Å². The molecular formula is C15H20FO3-. The summed E-state index contributed by atoms with van der Waals surface area (Å²) in [6.07, 6.45) is 3.74. The highest BCUT2D eigenvalue weighted by Gasteiger charge is 2.07. The SMILES string of the molecule is CCCCCCC(F)COc1ccc(C(=O)[O-])cc1. The maximum atomic E-state index is 13.5. The number of hydrogen-bond acceptors (Lipinski definition) is 3. The second-order valence-electron chi connectivity index (χ2n) is 4.57. The third-order valence-corrected chi connectivity index (χ3v) is 2.89. The number of halogens is 1. The van der Waals surface area contributed by atoms with Crippen LogP contribution in [0.5, 0.6) is 5.75 Å². The van der Waals surface area contributed by atoms with Gasteiger partial charge in [-0.05, 0) is 36.2 Å². The van der Waals surface area contributed by atoms with E-state index in [9.17, 15) is 14.3 Å². The van der Waals surface area contributed by atoms with Gasteiger partial charge in [0.15, 0.2) is 0 Å². The Hall–Kier alpha value is -1.58. The Morgan fingerprint density at radius 2 is 1.95 bits per heavy atom. The molecule has 1 aromatic rings. The molecule has 3 nitrogen and oxygen atoms in total. The summed E-state index contributed by atoms with van der Waals surface area (Å²) < 4.78 is 18.8. The number of ether oxygens (including phenoxy) is 1. The van der Waals surface area contributed by atoms with E-state index in [4.69, 9.17) is 4.74 Å². The number of aromatic carboxylic acids is 1. The first-order valence-electron chi connectivity index (χ1n) is 6.71. The van der Waals surface area contributed by atoms with E-state index in [1.807, 2.05) is 0 Å². The highest BCUT2D eigenvalue weighted by atomic mass is 19.1. The molecule has 1 aromatic carbocycles. The zero-order chi connectivity index (χ0) is 14.1. The van der Waals surface area contributed by atoms with Crippen molar-refractivity contribution >= 4 is 5.97 Å². The van der Waals surface area contributed by atoms with Crippen molar-refractivity contribution in [3.8, 4) is 5.75 Å². The molecule has 0 saturated heterocycles. The third-order valence-electron chi connectivity index (χ3n) is 2.89. The minimum Gasteiger partial charge on any atom is -0.545 e. The lowest BCUT2D eigenvalue weighted by molar-refractivity contribution is -0.255. The molecule has 0 amide bonds. The molecule has 0 aromatic heterocycles. The number of carboxylic acid groups (broad SMARTS) is 1. The fourth-order valence-corrected chi connectivity index (χ4v) is 1.75. The van der Waals surface area contributed by atoms with E-state index in [0.717, 1.165) is 25.7 Å². The van der Waals surface area contributed by atoms with Gasteiger partial charge in [0.2, 0.25) is 0 Å². The number of rotatable bonds is 9. The van der Waals surface area contributed by atoms with Gasteiger partial charge >= 0.3 is 0 Å². The molecule has 1 unspecified atom stereocenters. The van der Waals surface area contributed by atoms with E-state index in [2.05, 4.69) is 6.92 Å². The van der Waals surface area contributed by atoms with Crippen LogP contribution in [0.25, 0.3) is 0 Å². The smallest absolute Gasteiger partial charge is 0.134 e. The van der Waals surface area contributed by atoms with Gasteiger partial charge in [-0.1, -0.05) is 32.6 Å². The predicted octanol–water partition coefficient (Wildman–Crippen LogP) is 2.74. The highest BCUT2D eigenvalue weighted by molar-refractivity contribution is 5.85. The van der Waals surface area contributed by atoms with Gasteiger partial charge in [0, 0.05) is 0 Å². The van der Waals surface area contributed by atoms with Crippen LogP contribution in [-0.2, 0) is 0 Å². The molecule has 0 aliphatic heterocycles. The zero-order valence-electron chi connectivity index (χ0n) is 11.2. The van der Waals surface area contributed by atoms with Gasteiger partial charge in [-0.3, -0.25) is 0 Å². The van der Waals surface area contributed by atoms with Crippen molar-refractivity contribution < 1.29 is 19.0 Å². The maximum absolute atomic E-state index is 13.5. The van der Waals surface area contributed by atoms with Gasteiger partial charge in [0.1, 0.15) is 18.5 Å². The summed E-state index contributed by atoms with van der Waals surface area (Å²) in [5.41, 5.74) is 0.0868. The summed E-state index contributed by atoms with van der Waals surface area (Å²) in [6, 6.07) is 5.79. The van der Waals surface area contributed by atoms with E-state index < -0.39 is 12.1 Å². The fourth-order valence-electron chi connectivity index (χ4n) is 1.75. The van der Waals surface area contributed by atoms with Gasteiger partial charge in [0.05, 0.1) is 5.97 Å². The van der Waals surface area contributed by atoms with Crippen LogP contribution in [-0.4, -0.2) is 18.7 Å². The van der Waals surface area contributed by atoms with Crippen LogP contribution in [0.4, 0.5) is 4.39 Å². The second-order valence-corrected chi connectivity index (χ2v) is 4.57. The summed E-state index contributed by atoms with van der Waals surface area (Å²) in [5.74, 6) is -0.757. The predicted molar refractivity (Wildman–Crippen MR) is 69.9 cm³/mol. The first-order chi connectivity index (χ1) is 9.13. The molecular weight excluding hydrogens is 247 g/mol. The number of carboxylic acids is 1. The van der Waals surface area contributed by atoms with Crippen LogP contribution < -0.4 is 9.84 Å². The topological polar surface area (TPSA) is 49.4 Å². The molecule has 0 radical (unpaired) electrons. The molecule has 0 saturated carbocycles. The molecule has 106 valence electrons. The molecule has 0 spiro atoms. The molecule has 4 heteroatoms. The quantitative estimate of drug-likeness (QED) is 0.646. The Morgan fingerprint density at radius 3 is 2.53 bits per heavy atom. The first kappa shape index (κ1) is 15.5. The Kier molecular flexibility index (Phi) is 6.93. The highest BCUT2D eigenvalue weighted by Crippen LogP contribution is 2.14. The second kappa shape index (κ2) is 8.51. The lowest BCUT2D eigenvalue weighted by atomic mass is 10.1. The molecule has 19 heavy (non-hydrogen) atoms. The number of alkyl halides is 1. The summed E-state index contributed by atoms with van der Waals surface area (Å²) >= 11 is 0. The molecule has 0 aliphatic rings. The third kappa shape index (κ3) is 6.22. The van der Waals surface area contributed by atoms with E-state index in [1.165, 1.54) is 24.3 Å². The average Bonchev–Trinajstić information content (AvgIpc) is 2.42. The Morgan fingerprint density at radius 1 is 1.26 bits per heavy atom. The van der Waals surface area contributed by atoms with Crippen LogP contribution in [0.2, 0.25) is 0 Å². The van der Waals surface area contributed by atoms with Crippen molar-refractivity contribution in [3.63, 3.8) is 0 Å². The summed E-state index contributed by atoms with van der Waals surface area (Å²) in [6.45, 7) is 2.13. The zero-order valence-corrected chi connectivity index (χ0v) is 11.2. The van der Waals surface area contributed by atoms with Crippen molar-refractivity contribution in [2.45, 2.75) is 45.2 Å². The molecule has 0 heterocycles. The molecule has 1 rings (SSSR count). The van der Waals surface area contributed by atoms with Gasteiger partial charge < -0.3 is 14.6 Å². The Labute approximate surface area is 113 Å². The molecule has 0 N–H and O–H groups in total. The van der Waals surface area contributed by atoms with E-state index in [-0.39, 0.29) is 12.2 Å². The number of carbonyl (C=O) groups excluding carboxylic acids is 1. The van der Waals surface area contributed by atoms with Crippen molar-refractivity contribution in [3.05, 3.63) is 29.8 Å². The Bertz CT molecular complexity index is 375. The average molecular weight is 267 g/mol. The van der Waals surface area contributed by atoms with Crippen LogP contribution in [0.15, 0.2) is 24.3 Å². The number of hydrogen-bond donors (Lipinski definition) is 0. The summed E-state index contributed by atoms with van der Waals surface area (Å²) in [5, 5.41) is 10.5. The van der Waals surface area contributed by atoms with Crippen molar-refractivity contribution in [1.29, 1.82) is 0 Å². The molecule has 0 fully saturated rings. The molecule has 0 aliphatic carbocycles. The van der Waals surface area contributed by atoms with Crippen LogP contribution in [0.3, 0.4) is 0 Å². The summed E-state index contributed by atoms with van der Waals surface area (Å²) in [4.78, 5) is 10.5. The number of unbranched alkanes of at least 4 members (excludes halogenated alkanes) is 3. The summed E-state index contributed by atoms with van der Waals surface area (Å²) in [7, 11) is 0. The monoisotopic (exact) mass is 267 g/mol. The standard InChI is InChI=1S/C15H21FO3/c1-2-3-4-5-6-13(16)11-19-14-9-7-12(8-10-14)15(17)18/h7-10,13H,2-6,11H2,1H3,(H,17,18)/p-1. The minimum absolute atomic E-state index is 0.0107. The molecule has 0 bridgehead atoms. The van der Waals surface area contributed by atoms with Gasteiger partial charge in [-0.15, -0.1) is 0 Å². The van der Waals surface area contributed by atoms with E-state index in [0.29, 0.717) is 12.2 Å². The number of carbonyl (C=O) groups is 1. The maximum Gasteiger partial charge on any atom is 0.134 e. The van der Waals surface area contributed by atoms with Crippen LogP contribution in [0, 0.1) is 0 Å². The largest absolute Gasteiger partial charge is 0.545 e. The van der Waals surface area contributed by atoms with Crippen LogP contribution in [0.1, 0.15) is 49.4 Å². The van der Waals surface area contributed by atoms with Crippen LogP contribution >= 0.6 is 0 Å². The first-order valence-corrected chi connectivity index (χ1v) is 6.71. The van der Waals surface area contributed by atoms with Gasteiger partial charge in [0.25, 0.3) is 0 Å². The van der Waals surface area contributed by atoms with Crippen molar-refractivity contribution in [2.24, 2.45) is 0 Å². The minimum atomic E-state index is -1.23. The van der Waals surface area contributed by atoms with E-state index in [1.54, 1.807) is 0 Å². The fraction of sp³-hybridized carbons (Fsp3) is 0.533. The normalized spacial score (nSPS) is 12.1. The van der Waals surface area contributed by atoms with Gasteiger partial charge in [-0.25, -0.2) is 4.39 Å². The van der Waals surface area contributed by atoms with Gasteiger partial charge in [-0.2, -0.15) is 0 Å². The lowest BCUT2D eigenvalue weighted by Crippen LogP contribution is -2.22. The Balaban J connectivity index is 2.25.